The summed E-state index contributed by atoms with van der Waals surface area (Å²) < 4.78 is 0. The highest BCUT2D eigenvalue weighted by atomic mass is 16.3. The average Bonchev–Trinajstić information content (AvgIpc) is 2.38. The molecule has 1 fully saturated rings. The molecule has 98 valence electrons. The predicted octanol–water partition coefficient (Wildman–Crippen LogP) is 1.62. The third kappa shape index (κ3) is 2.64. The Balaban J connectivity index is 2.02. The lowest BCUT2D eigenvalue weighted by molar-refractivity contribution is -0.130. The van der Waals surface area contributed by atoms with Gasteiger partial charge in [0.1, 0.15) is 5.75 Å². The molecule has 18 heavy (non-hydrogen) atoms. The largest absolute Gasteiger partial charge is 0.508 e. The number of nitrogens with zero attached hydrogens (tertiary/aromatic N) is 2. The molecule has 1 heterocycles. The number of piperazine rings is 1. The normalized spacial score (nSPS) is 18.7. The summed E-state index contributed by atoms with van der Waals surface area (Å²) in [5, 5.41) is 9.86. The number of phenols is 1. The first-order valence-electron chi connectivity index (χ1n) is 6.37. The van der Waals surface area contributed by atoms with Gasteiger partial charge in [0.05, 0.1) is 0 Å². The van der Waals surface area contributed by atoms with Crippen LogP contribution in [0.4, 0.5) is 0 Å². The minimum absolute atomic E-state index is 0.143. The van der Waals surface area contributed by atoms with E-state index in [2.05, 4.69) is 11.8 Å². The maximum atomic E-state index is 11.3. The molecule has 4 nitrogen and oxygen atoms in total. The fourth-order valence-corrected chi connectivity index (χ4v) is 2.46. The zero-order valence-corrected chi connectivity index (χ0v) is 11.0. The number of hydrogen-bond acceptors (Lipinski definition) is 3. The van der Waals surface area contributed by atoms with Crippen molar-refractivity contribution in [1.29, 1.82) is 0 Å². The van der Waals surface area contributed by atoms with Crippen molar-refractivity contribution >= 4 is 5.91 Å². The summed E-state index contributed by atoms with van der Waals surface area (Å²) in [5.74, 6) is 0.490. The first-order valence-corrected chi connectivity index (χ1v) is 6.37. The smallest absolute Gasteiger partial charge is 0.219 e. The summed E-state index contributed by atoms with van der Waals surface area (Å²) in [5.41, 5.74) is 0.953. The number of phenolic OH excluding ortho intramolecular Hbond substituents is 1. The van der Waals surface area contributed by atoms with Crippen LogP contribution < -0.4 is 0 Å². The van der Waals surface area contributed by atoms with Gasteiger partial charge in [-0.25, -0.2) is 0 Å². The Kier molecular flexibility index (Phi) is 3.87. The summed E-state index contributed by atoms with van der Waals surface area (Å²) in [7, 11) is 0. The van der Waals surface area contributed by atoms with Crippen LogP contribution in [0.2, 0.25) is 0 Å². The van der Waals surface area contributed by atoms with Gasteiger partial charge in [0.25, 0.3) is 0 Å². The molecule has 1 aromatic rings. The molecule has 1 unspecified atom stereocenters. The maximum Gasteiger partial charge on any atom is 0.219 e. The molecule has 1 saturated heterocycles. The van der Waals surface area contributed by atoms with Crippen molar-refractivity contribution in [1.82, 2.24) is 9.80 Å². The summed E-state index contributed by atoms with van der Waals surface area (Å²) in [6, 6.07) is 7.63. The summed E-state index contributed by atoms with van der Waals surface area (Å²) >= 11 is 0. The van der Waals surface area contributed by atoms with Crippen molar-refractivity contribution in [3.05, 3.63) is 29.8 Å². The predicted molar refractivity (Wildman–Crippen MR) is 70.3 cm³/mol. The molecule has 0 radical (unpaired) electrons. The number of hydrogen-bond donors (Lipinski definition) is 1. The van der Waals surface area contributed by atoms with Crippen LogP contribution in [-0.2, 0) is 4.79 Å². The lowest BCUT2D eigenvalue weighted by atomic mass is 10.0. The minimum Gasteiger partial charge on any atom is -0.508 e. The molecule has 1 aromatic carbocycles. The summed E-state index contributed by atoms with van der Waals surface area (Å²) in [6.07, 6.45) is 0. The van der Waals surface area contributed by atoms with Gasteiger partial charge in [-0.3, -0.25) is 9.69 Å². The van der Waals surface area contributed by atoms with Gasteiger partial charge in [-0.2, -0.15) is 0 Å². The Morgan fingerprint density at radius 2 is 1.83 bits per heavy atom. The number of carbonyl (C=O) groups excluding carboxylic acids is 1. The second-order valence-electron chi connectivity index (χ2n) is 4.78. The van der Waals surface area contributed by atoms with Gasteiger partial charge in [-0.05, 0) is 13.0 Å². The van der Waals surface area contributed by atoms with Gasteiger partial charge >= 0.3 is 0 Å². The van der Waals surface area contributed by atoms with E-state index >= 15 is 0 Å². The molecule has 1 N–H and O–H groups in total. The van der Waals surface area contributed by atoms with Gasteiger partial charge in [0.2, 0.25) is 5.91 Å². The van der Waals surface area contributed by atoms with Gasteiger partial charge in [0, 0.05) is 44.7 Å². The van der Waals surface area contributed by atoms with Crippen molar-refractivity contribution in [2.24, 2.45) is 0 Å². The van der Waals surface area contributed by atoms with Gasteiger partial charge in [0.15, 0.2) is 0 Å². The molecule has 0 saturated carbocycles. The van der Waals surface area contributed by atoms with Crippen LogP contribution in [0, 0.1) is 0 Å². The van der Waals surface area contributed by atoms with Crippen molar-refractivity contribution in [2.45, 2.75) is 19.9 Å². The standard InChI is InChI=1S/C14H20N2O2/c1-11(13-5-3-4-6-14(13)18)15-7-9-16(10-8-15)12(2)17/h3-6,11,18H,7-10H2,1-2H3. The third-order valence-electron chi connectivity index (χ3n) is 3.69. The number of amides is 1. The molecule has 2 rings (SSSR count). The summed E-state index contributed by atoms with van der Waals surface area (Å²) in [6.45, 7) is 6.96. The number of aromatic hydroxyl groups is 1. The van der Waals surface area contributed by atoms with Gasteiger partial charge in [-0.1, -0.05) is 18.2 Å². The Morgan fingerprint density at radius 1 is 1.22 bits per heavy atom. The maximum absolute atomic E-state index is 11.3. The van der Waals surface area contributed by atoms with E-state index in [1.807, 2.05) is 23.1 Å². The highest BCUT2D eigenvalue weighted by Crippen LogP contribution is 2.28. The van der Waals surface area contributed by atoms with E-state index in [-0.39, 0.29) is 11.9 Å². The van der Waals surface area contributed by atoms with E-state index < -0.39 is 0 Å². The molecule has 0 aliphatic carbocycles. The van der Waals surface area contributed by atoms with E-state index in [0.29, 0.717) is 5.75 Å². The van der Waals surface area contributed by atoms with E-state index in [9.17, 15) is 9.90 Å². The quantitative estimate of drug-likeness (QED) is 0.865. The Hall–Kier alpha value is -1.55. The fraction of sp³-hybridized carbons (Fsp3) is 0.500. The zero-order chi connectivity index (χ0) is 13.1. The number of benzene rings is 1. The molecule has 1 aliphatic heterocycles. The second-order valence-corrected chi connectivity index (χ2v) is 4.78. The zero-order valence-electron chi connectivity index (χ0n) is 11.0. The highest BCUT2D eigenvalue weighted by Gasteiger charge is 2.24. The Bertz CT molecular complexity index is 426. The molecule has 1 aliphatic rings. The van der Waals surface area contributed by atoms with Gasteiger partial charge < -0.3 is 10.0 Å². The van der Waals surface area contributed by atoms with Crippen LogP contribution in [0.3, 0.4) is 0 Å². The van der Waals surface area contributed by atoms with Crippen LogP contribution in [0.25, 0.3) is 0 Å². The van der Waals surface area contributed by atoms with E-state index in [0.717, 1.165) is 31.7 Å². The molecule has 0 spiro atoms. The summed E-state index contributed by atoms with van der Waals surface area (Å²) in [4.78, 5) is 15.4. The molecule has 1 amide bonds. The number of carbonyl (C=O) groups is 1. The molecule has 0 bridgehead atoms. The average molecular weight is 248 g/mol. The van der Waals surface area contributed by atoms with Crippen LogP contribution in [0.5, 0.6) is 5.75 Å². The Morgan fingerprint density at radius 3 is 2.39 bits per heavy atom. The molecule has 0 aromatic heterocycles. The van der Waals surface area contributed by atoms with Crippen molar-refractivity contribution < 1.29 is 9.90 Å². The molecular weight excluding hydrogens is 228 g/mol. The van der Waals surface area contributed by atoms with Gasteiger partial charge in [-0.15, -0.1) is 0 Å². The SMILES string of the molecule is CC(=O)N1CCN(C(C)c2ccccc2O)CC1. The lowest BCUT2D eigenvalue weighted by Gasteiger charge is -2.38. The third-order valence-corrected chi connectivity index (χ3v) is 3.69. The van der Waals surface area contributed by atoms with Crippen molar-refractivity contribution in [3.63, 3.8) is 0 Å². The Labute approximate surface area is 108 Å². The molecule has 4 heteroatoms. The van der Waals surface area contributed by atoms with Crippen LogP contribution in [0.15, 0.2) is 24.3 Å². The number of rotatable bonds is 2. The van der Waals surface area contributed by atoms with Crippen LogP contribution in [0.1, 0.15) is 25.5 Å². The van der Waals surface area contributed by atoms with Crippen molar-refractivity contribution in [2.75, 3.05) is 26.2 Å². The van der Waals surface area contributed by atoms with E-state index in [4.69, 9.17) is 0 Å². The first-order chi connectivity index (χ1) is 8.59. The first kappa shape index (κ1) is 12.9. The second kappa shape index (κ2) is 5.40. The monoisotopic (exact) mass is 248 g/mol. The lowest BCUT2D eigenvalue weighted by Crippen LogP contribution is -2.48. The highest BCUT2D eigenvalue weighted by molar-refractivity contribution is 5.73. The topological polar surface area (TPSA) is 43.8 Å². The van der Waals surface area contributed by atoms with E-state index in [1.165, 1.54) is 0 Å². The number of para-hydroxylation sites is 1. The molecular formula is C14H20N2O2. The fourth-order valence-electron chi connectivity index (χ4n) is 2.46. The minimum atomic E-state index is 0.143. The van der Waals surface area contributed by atoms with Crippen molar-refractivity contribution in [3.8, 4) is 5.75 Å². The van der Waals surface area contributed by atoms with Crippen LogP contribution >= 0.6 is 0 Å². The van der Waals surface area contributed by atoms with Crippen LogP contribution in [-0.4, -0.2) is 47.0 Å². The van der Waals surface area contributed by atoms with E-state index in [1.54, 1.807) is 13.0 Å². The molecule has 1 atom stereocenters.